The van der Waals surface area contributed by atoms with Gasteiger partial charge in [-0.25, -0.2) is 10.4 Å². The van der Waals surface area contributed by atoms with E-state index < -0.39 is 198 Å². The molecule has 730 valence electrons. The fourth-order valence-corrected chi connectivity index (χ4v) is 17.2. The third-order valence-corrected chi connectivity index (χ3v) is 25.1. The Labute approximate surface area is 781 Å². The summed E-state index contributed by atoms with van der Waals surface area (Å²) < 4.78 is 4.78. The minimum atomic E-state index is -1.48. The number of carbonyl (C=O) groups excluding carboxylic acids is 17. The van der Waals surface area contributed by atoms with Crippen molar-refractivity contribution in [1.29, 1.82) is 0 Å². The molecule has 0 spiro atoms. The zero-order chi connectivity index (χ0) is 97.7. The number of carbonyl (C=O) groups is 17. The van der Waals surface area contributed by atoms with Crippen LogP contribution in [0.25, 0.3) is 0 Å². The molecule has 12 atom stereocenters. The number of allylic oxidation sites excluding steroid dienone is 2. The molecule has 1 aromatic carbocycles. The van der Waals surface area contributed by atoms with Gasteiger partial charge in [0.1, 0.15) is 71.7 Å². The standard InChI is InChI=1S/C66H109N11O12S2.C26H33N5O8.CH4/c1-19-21-27-45(9)60(83)59-53(79)38-48(20-2)62(85)73(14)41-57(82)71(12)39-46(10)69-50(28-22-24-33-67-54(80)29-26-35-90-91-56-30-23-25-34-68-56)63(86)72(13)40-49(78)31-32-55(81)70-47(11)61(84)74(15)51(36-42(3)4)64(87)75(16)52(37-43(5)6)65(88)76(17)58(44(7)8)66(89)77(59)18;1-15(2)23(28-20(33)14-30-21(34)9-10-22(30)35)24(36)27-19(13-16-6-4-7-17(32)12-16)25(37)31-11-5-8-18(29-31)26(38)39-3;/h19,21,23,25,30,34,42-45,47-48,50-52,58-60,69,83H,10,20,22,24,26-29,31-33,35-41H2,1-9,11-18H3,(H,67,80)(H,70,81);4,6-7,9-10,12,15,18-19,23,29,32H,5,8,11,13-14H2,1-3H3,(H,27,36)(H,28,33);1H4/b21-19+;;/t45-,47-,48-,50+,51+,52+,58+,59-,60-;18-,19-,23-;/m10./s1. The second-order valence-electron chi connectivity index (χ2n) is 35.2. The topological polar surface area (TPSA) is 454 Å². The number of ether oxygens (including phenoxy) is 1. The Bertz CT molecular complexity index is 4270. The lowest BCUT2D eigenvalue weighted by Crippen LogP contribution is -2.62. The third kappa shape index (κ3) is 36.8. The first-order valence-electron chi connectivity index (χ1n) is 44.6. The molecule has 4 heterocycles. The summed E-state index contributed by atoms with van der Waals surface area (Å²) in [7, 11) is 14.6. The number of phenolic OH excluding ortho intramolecular Hbond substituents is 1. The van der Waals surface area contributed by atoms with Crippen LogP contribution in [0.2, 0.25) is 0 Å². The van der Waals surface area contributed by atoms with Gasteiger partial charge in [-0.3, -0.25) is 91.4 Å². The monoisotopic (exact) mass is 1870 g/mol. The van der Waals surface area contributed by atoms with Gasteiger partial charge in [0, 0.05) is 130 Å². The average Bonchev–Trinajstić information content (AvgIpc) is 1.17. The van der Waals surface area contributed by atoms with Crippen molar-refractivity contribution in [1.82, 2.24) is 81.2 Å². The van der Waals surface area contributed by atoms with Gasteiger partial charge in [-0.15, -0.1) is 0 Å². The molecule has 36 nitrogen and oxygen atoms in total. The molecule has 5 rings (SSSR count). The first kappa shape index (κ1) is 115. The number of imide groups is 1. The molecule has 14 amide bonds. The third-order valence-electron chi connectivity index (χ3n) is 22.7. The number of nitrogens with zero attached hydrogens (tertiary/aromatic N) is 10. The first-order chi connectivity index (χ1) is 61.2. The number of esters is 1. The van der Waals surface area contributed by atoms with Crippen LogP contribution in [0.5, 0.6) is 5.75 Å². The van der Waals surface area contributed by atoms with Gasteiger partial charge in [0.05, 0.1) is 32.8 Å². The summed E-state index contributed by atoms with van der Waals surface area (Å²) in [6, 6.07) is 1.96. The Morgan fingerprint density at radius 2 is 1.32 bits per heavy atom. The molecule has 38 heteroatoms. The highest BCUT2D eigenvalue weighted by Crippen LogP contribution is 2.31. The number of methoxy groups -OCH3 is 1. The van der Waals surface area contributed by atoms with Crippen LogP contribution in [0, 0.1) is 35.5 Å². The number of rotatable bonds is 31. The summed E-state index contributed by atoms with van der Waals surface area (Å²) in [5, 5.41) is 38.1. The van der Waals surface area contributed by atoms with Crippen molar-refractivity contribution in [2.45, 2.75) is 252 Å². The SMILES string of the molecule is C.C=C1CN(C)C(=O)CN(C)C(=O)[C@H](CC)CC(=O)[C@H]([C@H](O)[C@H](C)C/C=C/C)N(C)C(=O)[C@H](C(C)C)N(C)C(=O)[C@H](CC(C)C)N(C)C(=O)[C@H](CC(C)C)N(C)C(=O)[C@@H](C)NC(=O)CCC(=O)CN(C)C(=O)[C@H](CCCCNC(=O)CCCSSc2ccccn2)N1.COC(=O)[C@@H]1CCCN(C(=O)[C@H](Cc2cccc(O)c2)NC(=O)[C@@H](NC(=O)CN2C(=O)C=CC2=O)C(C)C)N1. The van der Waals surface area contributed by atoms with Crippen molar-refractivity contribution in [3.63, 3.8) is 0 Å². The van der Waals surface area contributed by atoms with Crippen LogP contribution in [0.3, 0.4) is 0 Å². The molecule has 1 aromatic heterocycles. The molecule has 0 bridgehead atoms. The molecule has 0 saturated carbocycles. The molecule has 2 fully saturated rings. The van der Waals surface area contributed by atoms with Crippen LogP contribution < -0.4 is 32.0 Å². The lowest BCUT2D eigenvalue weighted by atomic mass is 9.86. The Hall–Kier alpha value is -10.6. The number of phenols is 1. The number of aromatic hydroxyl groups is 1. The molecular weight excluding hydrogens is 1730 g/mol. The van der Waals surface area contributed by atoms with Crippen LogP contribution in [-0.4, -0.2) is 322 Å². The number of nitrogens with one attached hydrogen (secondary N) is 6. The van der Waals surface area contributed by atoms with E-state index in [4.69, 9.17) is 4.74 Å². The molecule has 2 aromatic rings. The molecule has 0 aliphatic carbocycles. The summed E-state index contributed by atoms with van der Waals surface area (Å²) >= 11 is 0. The number of ketones is 2. The van der Waals surface area contributed by atoms with Crippen LogP contribution in [0.1, 0.15) is 186 Å². The number of hydrogen-bond acceptors (Lipinski definition) is 25. The summed E-state index contributed by atoms with van der Waals surface area (Å²) in [5.41, 5.74) is 3.69. The Balaban J connectivity index is 0.000000913. The van der Waals surface area contributed by atoms with E-state index in [1.54, 1.807) is 87.5 Å². The molecule has 131 heavy (non-hydrogen) atoms. The number of benzene rings is 1. The quantitative estimate of drug-likeness (QED) is 0.0154. The van der Waals surface area contributed by atoms with Crippen molar-refractivity contribution in [2.75, 3.05) is 101 Å². The number of aliphatic hydroxyl groups is 1. The molecule has 8 N–H and O–H groups in total. The van der Waals surface area contributed by atoms with Crippen LogP contribution in [0.4, 0.5) is 0 Å². The minimum Gasteiger partial charge on any atom is -0.508 e. The molecular formula is C93H146N16O20S2. The van der Waals surface area contributed by atoms with Crippen LogP contribution >= 0.6 is 21.6 Å². The fourth-order valence-electron chi connectivity index (χ4n) is 15.3. The van der Waals surface area contributed by atoms with E-state index in [9.17, 15) is 82.1 Å². The second kappa shape index (κ2) is 57.0. The lowest BCUT2D eigenvalue weighted by molar-refractivity contribution is -0.157. The van der Waals surface area contributed by atoms with Gasteiger partial charge in [-0.1, -0.05) is 124 Å². The highest BCUT2D eigenvalue weighted by Gasteiger charge is 2.46. The van der Waals surface area contributed by atoms with Gasteiger partial charge in [0.25, 0.3) is 17.7 Å². The number of unbranched alkanes of at least 4 members (excludes halogenated alkanes) is 1. The number of likely N-dealkylation sites (N-methyl/N-ethyl adjacent to an activating group) is 7. The minimum absolute atomic E-state index is 0. The predicted molar refractivity (Wildman–Crippen MR) is 500 cm³/mol. The van der Waals surface area contributed by atoms with E-state index in [1.165, 1.54) is 110 Å². The maximum atomic E-state index is 15.1. The largest absolute Gasteiger partial charge is 0.508 e. The number of amides is 14. The van der Waals surface area contributed by atoms with Gasteiger partial charge < -0.3 is 75.8 Å². The van der Waals surface area contributed by atoms with E-state index >= 15 is 9.59 Å². The number of pyridine rings is 1. The molecule has 3 aliphatic rings. The van der Waals surface area contributed by atoms with E-state index in [0.717, 1.165) is 32.7 Å². The summed E-state index contributed by atoms with van der Waals surface area (Å²) in [5.74, 6) is -11.4. The highest BCUT2D eigenvalue weighted by atomic mass is 33.1. The molecule has 0 radical (unpaired) electrons. The fraction of sp³-hybridized carbons (Fsp3) is 0.634. The lowest BCUT2D eigenvalue weighted by Gasteiger charge is -2.41. The van der Waals surface area contributed by atoms with Crippen molar-refractivity contribution in [3.8, 4) is 5.75 Å². The predicted octanol–water partition coefficient (Wildman–Crippen LogP) is 5.40. The van der Waals surface area contributed by atoms with Gasteiger partial charge >= 0.3 is 5.97 Å². The Kier molecular flexibility index (Phi) is 49.8. The zero-order valence-corrected chi connectivity index (χ0v) is 81.1. The van der Waals surface area contributed by atoms with E-state index in [2.05, 4.69) is 43.6 Å². The maximum absolute atomic E-state index is 15.1. The molecule has 2 saturated heterocycles. The number of hydrogen-bond donors (Lipinski definition) is 8. The molecule has 0 unspecified atom stereocenters. The Morgan fingerprint density at radius 3 is 1.90 bits per heavy atom. The van der Waals surface area contributed by atoms with Crippen molar-refractivity contribution in [3.05, 3.63) is 90.8 Å². The van der Waals surface area contributed by atoms with Gasteiger partial charge in [-0.05, 0) is 148 Å². The van der Waals surface area contributed by atoms with Gasteiger partial charge in [-0.2, -0.15) is 0 Å². The summed E-state index contributed by atoms with van der Waals surface area (Å²) in [6.07, 6.45) is 9.14. The number of hydrazine groups is 1. The summed E-state index contributed by atoms with van der Waals surface area (Å²) in [6.45, 7) is 24.5. The second-order valence-corrected chi connectivity index (χ2v) is 37.7. The molecule has 3 aliphatic heterocycles. The first-order valence-corrected chi connectivity index (χ1v) is 46.9. The average molecular weight is 1870 g/mol. The number of Topliss-reactive ketones (excluding diaryl/α,β-unsaturated/α-hetero) is 2. The van der Waals surface area contributed by atoms with Gasteiger partial charge in [0.2, 0.25) is 65.0 Å². The van der Waals surface area contributed by atoms with Crippen molar-refractivity contribution < 1.29 is 96.5 Å². The maximum Gasteiger partial charge on any atom is 0.324 e. The van der Waals surface area contributed by atoms with Crippen molar-refractivity contribution >= 4 is 122 Å². The zero-order valence-electron chi connectivity index (χ0n) is 79.5. The van der Waals surface area contributed by atoms with E-state index in [0.29, 0.717) is 57.1 Å². The van der Waals surface area contributed by atoms with Gasteiger partial charge in [0.15, 0.2) is 11.6 Å². The smallest absolute Gasteiger partial charge is 0.324 e. The highest BCUT2D eigenvalue weighted by molar-refractivity contribution is 8.76. The number of aliphatic hydroxyl groups excluding tert-OH is 1. The van der Waals surface area contributed by atoms with Crippen molar-refractivity contribution in [2.24, 2.45) is 35.5 Å². The Morgan fingerprint density at radius 1 is 0.702 bits per heavy atom. The van der Waals surface area contributed by atoms with E-state index in [1.807, 2.05) is 58.9 Å². The van der Waals surface area contributed by atoms with Crippen LogP contribution in [0.15, 0.2) is 90.3 Å². The normalized spacial score (nSPS) is 21.7. The number of aromatic nitrogens is 1. The van der Waals surface area contributed by atoms with E-state index in [-0.39, 0.29) is 101 Å². The van der Waals surface area contributed by atoms with Crippen LogP contribution in [-0.2, 0) is 92.7 Å². The summed E-state index contributed by atoms with van der Waals surface area (Å²) in [4.78, 5) is 245.